The van der Waals surface area contributed by atoms with E-state index >= 15 is 0 Å². The monoisotopic (exact) mass is 552 g/mol. The summed E-state index contributed by atoms with van der Waals surface area (Å²) in [4.78, 5) is 11.4. The Balaban J connectivity index is 1.52. The van der Waals surface area contributed by atoms with Gasteiger partial charge < -0.3 is 15.3 Å². The highest BCUT2D eigenvalue weighted by molar-refractivity contribution is 7.91. The van der Waals surface area contributed by atoms with Crippen molar-refractivity contribution in [3.05, 3.63) is 36.0 Å². The highest BCUT2D eigenvalue weighted by Gasteiger charge is 2.37. The molecule has 2 aromatic heterocycles. The Bertz CT molecular complexity index is 1440. The van der Waals surface area contributed by atoms with E-state index in [0.717, 1.165) is 25.0 Å². The predicted octanol–water partition coefficient (Wildman–Crippen LogP) is 3.81. The van der Waals surface area contributed by atoms with Gasteiger partial charge in [-0.3, -0.25) is 0 Å². The lowest BCUT2D eigenvalue weighted by Crippen LogP contribution is -2.44. The van der Waals surface area contributed by atoms with Crippen LogP contribution in [0.2, 0.25) is 0 Å². The van der Waals surface area contributed by atoms with E-state index in [1.807, 2.05) is 0 Å². The summed E-state index contributed by atoms with van der Waals surface area (Å²) < 4.78 is 65.2. The van der Waals surface area contributed by atoms with Gasteiger partial charge in [-0.15, -0.1) is 0 Å². The molecule has 9 nitrogen and oxygen atoms in total. The molecule has 0 spiro atoms. The van der Waals surface area contributed by atoms with Crippen molar-refractivity contribution in [2.24, 2.45) is 5.92 Å². The van der Waals surface area contributed by atoms with Crippen molar-refractivity contribution in [1.29, 1.82) is 0 Å². The molecular formula is C25H31F3N6O3S. The Hall–Kier alpha value is -2.93. The maximum absolute atomic E-state index is 13.4. The third-order valence-corrected chi connectivity index (χ3v) is 9.25. The van der Waals surface area contributed by atoms with E-state index in [0.29, 0.717) is 42.8 Å². The summed E-state index contributed by atoms with van der Waals surface area (Å²) in [5.74, 6) is 0.996. The van der Waals surface area contributed by atoms with E-state index in [1.165, 1.54) is 23.1 Å². The van der Waals surface area contributed by atoms with Gasteiger partial charge in [0.1, 0.15) is 15.7 Å². The average molecular weight is 553 g/mol. The number of halogens is 3. The molecule has 2 aliphatic rings. The average Bonchev–Trinajstić information content (AvgIpc) is 3.23. The van der Waals surface area contributed by atoms with Crippen LogP contribution in [0.3, 0.4) is 0 Å². The summed E-state index contributed by atoms with van der Waals surface area (Å²) in [5, 5.41) is 18.2. The fraction of sp³-hybridized carbons (Fsp3) is 0.560. The first-order valence-electron chi connectivity index (χ1n) is 12.6. The van der Waals surface area contributed by atoms with Crippen LogP contribution in [-0.4, -0.2) is 69.5 Å². The third kappa shape index (κ3) is 5.31. The molecule has 3 heterocycles. The second-order valence-electron chi connectivity index (χ2n) is 10.9. The van der Waals surface area contributed by atoms with Gasteiger partial charge in [0.05, 0.1) is 33.7 Å². The molecule has 0 bridgehead atoms. The number of sulfone groups is 1. The van der Waals surface area contributed by atoms with E-state index in [4.69, 9.17) is 4.98 Å². The number of aromatic nitrogens is 4. The summed E-state index contributed by atoms with van der Waals surface area (Å²) in [6.45, 7) is 4.88. The molecule has 3 aromatic rings. The molecule has 2 N–H and O–H groups in total. The first-order valence-corrected chi connectivity index (χ1v) is 14.5. The molecule has 0 radical (unpaired) electrons. The number of hydrogen-bond donors (Lipinski definition) is 2. The zero-order valence-electron chi connectivity index (χ0n) is 21.4. The second-order valence-corrected chi connectivity index (χ2v) is 13.2. The highest BCUT2D eigenvalue weighted by Crippen LogP contribution is 2.36. The molecule has 1 saturated carbocycles. The number of hydrogen-bond acceptors (Lipinski definition) is 8. The number of piperidine rings is 1. The zero-order chi connectivity index (χ0) is 27.5. The molecule has 5 rings (SSSR count). The minimum atomic E-state index is -4.50. The zero-order valence-corrected chi connectivity index (χ0v) is 22.2. The number of nitrogens with zero attached hydrogens (tertiary/aromatic N) is 5. The Kier molecular flexibility index (Phi) is 6.57. The van der Waals surface area contributed by atoms with Gasteiger partial charge in [0.25, 0.3) is 0 Å². The standard InChI is InChI=1S/C25H31F3N6O3S/c1-24(2,35)15-7-9-33(10-8-15)21-20-14-29-34(18-6-4-5-16(11-18)25(26,27)28)22(20)32-23(31-21)30-17-12-19(13-17)38(3,36)37/h4-6,11,14-15,17,19,35H,7-10,12-13H2,1-3H3,(H,30,31,32). The van der Waals surface area contributed by atoms with Crippen molar-refractivity contribution in [2.45, 2.75) is 62.6 Å². The van der Waals surface area contributed by atoms with Crippen LogP contribution in [0.25, 0.3) is 16.7 Å². The summed E-state index contributed by atoms with van der Waals surface area (Å²) in [5.41, 5.74) is -1.03. The van der Waals surface area contributed by atoms with Crippen LogP contribution in [0.4, 0.5) is 24.9 Å². The molecule has 2 fully saturated rings. The van der Waals surface area contributed by atoms with Crippen molar-refractivity contribution >= 4 is 32.6 Å². The number of rotatable bonds is 6. The predicted molar refractivity (Wildman–Crippen MR) is 138 cm³/mol. The molecule has 0 atom stereocenters. The minimum absolute atomic E-state index is 0.129. The van der Waals surface area contributed by atoms with Crippen LogP contribution in [0.15, 0.2) is 30.5 Å². The summed E-state index contributed by atoms with van der Waals surface area (Å²) in [7, 11) is -3.13. The number of alkyl halides is 3. The molecule has 0 unspecified atom stereocenters. The quantitative estimate of drug-likeness (QED) is 0.475. The van der Waals surface area contributed by atoms with Gasteiger partial charge in [0.2, 0.25) is 5.95 Å². The molecule has 1 saturated heterocycles. The highest BCUT2D eigenvalue weighted by atomic mass is 32.2. The summed E-state index contributed by atoms with van der Waals surface area (Å²) in [6, 6.07) is 4.76. The maximum Gasteiger partial charge on any atom is 0.416 e. The van der Waals surface area contributed by atoms with Crippen LogP contribution in [0.1, 0.15) is 45.1 Å². The molecule has 1 aliphatic carbocycles. The third-order valence-electron chi connectivity index (χ3n) is 7.65. The van der Waals surface area contributed by atoms with Crippen LogP contribution in [0, 0.1) is 5.92 Å². The first kappa shape index (κ1) is 26.7. The first-order chi connectivity index (χ1) is 17.7. The second kappa shape index (κ2) is 9.37. The molecule has 38 heavy (non-hydrogen) atoms. The van der Waals surface area contributed by atoms with Crippen LogP contribution >= 0.6 is 0 Å². The van der Waals surface area contributed by atoms with Gasteiger partial charge in [-0.1, -0.05) is 6.07 Å². The summed E-state index contributed by atoms with van der Waals surface area (Å²) in [6.07, 6.45) is 0.630. The lowest BCUT2D eigenvalue weighted by atomic mass is 9.83. The maximum atomic E-state index is 13.4. The van der Waals surface area contributed by atoms with Gasteiger partial charge in [-0.2, -0.15) is 28.2 Å². The number of anilines is 2. The number of benzene rings is 1. The molecule has 0 amide bonds. The fourth-order valence-corrected chi connectivity index (χ4v) is 6.38. The largest absolute Gasteiger partial charge is 0.416 e. The summed E-state index contributed by atoms with van der Waals surface area (Å²) >= 11 is 0. The lowest BCUT2D eigenvalue weighted by Gasteiger charge is -2.38. The molecule has 1 aromatic carbocycles. The molecule has 1 aliphatic heterocycles. The minimum Gasteiger partial charge on any atom is -0.390 e. The molecule has 13 heteroatoms. The Morgan fingerprint density at radius 1 is 1.11 bits per heavy atom. The Morgan fingerprint density at radius 2 is 1.79 bits per heavy atom. The van der Waals surface area contributed by atoms with Crippen molar-refractivity contribution in [3.8, 4) is 5.69 Å². The smallest absolute Gasteiger partial charge is 0.390 e. The molecule has 206 valence electrons. The van der Waals surface area contributed by atoms with Crippen molar-refractivity contribution < 1.29 is 26.7 Å². The number of aliphatic hydroxyl groups is 1. The van der Waals surface area contributed by atoms with Gasteiger partial charge in [0.15, 0.2) is 5.65 Å². The fourth-order valence-electron chi connectivity index (χ4n) is 5.22. The van der Waals surface area contributed by atoms with E-state index in [-0.39, 0.29) is 23.6 Å². The van der Waals surface area contributed by atoms with Crippen molar-refractivity contribution in [1.82, 2.24) is 19.7 Å². The van der Waals surface area contributed by atoms with Gasteiger partial charge >= 0.3 is 6.18 Å². The Morgan fingerprint density at radius 3 is 2.39 bits per heavy atom. The van der Waals surface area contributed by atoms with E-state index < -0.39 is 32.4 Å². The van der Waals surface area contributed by atoms with Crippen LogP contribution in [-0.2, 0) is 16.0 Å². The topological polar surface area (TPSA) is 113 Å². The van der Waals surface area contributed by atoms with Gasteiger partial charge in [0, 0.05) is 25.4 Å². The normalized spacial score (nSPS) is 21.5. The molecular weight excluding hydrogens is 521 g/mol. The van der Waals surface area contributed by atoms with Gasteiger partial charge in [-0.25, -0.2) is 13.1 Å². The van der Waals surface area contributed by atoms with Crippen LogP contribution in [0.5, 0.6) is 0 Å². The van der Waals surface area contributed by atoms with E-state index in [2.05, 4.69) is 20.3 Å². The van der Waals surface area contributed by atoms with E-state index in [9.17, 15) is 26.7 Å². The Labute approximate surface area is 219 Å². The SMILES string of the molecule is CC(C)(O)C1CCN(c2nc(NC3CC(S(C)(=O)=O)C3)nc3c2cnn3-c2cccc(C(F)(F)F)c2)CC1. The van der Waals surface area contributed by atoms with E-state index in [1.54, 1.807) is 20.0 Å². The number of fused-ring (bicyclic) bond motifs is 1. The van der Waals surface area contributed by atoms with Crippen molar-refractivity contribution in [3.63, 3.8) is 0 Å². The van der Waals surface area contributed by atoms with Crippen LogP contribution < -0.4 is 10.2 Å². The van der Waals surface area contributed by atoms with Gasteiger partial charge in [-0.05, 0) is 63.6 Å². The number of nitrogens with one attached hydrogen (secondary N) is 1. The van der Waals surface area contributed by atoms with Crippen molar-refractivity contribution in [2.75, 3.05) is 29.6 Å². The lowest BCUT2D eigenvalue weighted by molar-refractivity contribution is -0.137.